The molecule has 1 atom stereocenters. The van der Waals surface area contributed by atoms with Crippen LogP contribution >= 0.6 is 11.8 Å². The molecular formula is C12H18N2S. The molecule has 1 unspecified atom stereocenters. The molecule has 0 aliphatic carbocycles. The molecule has 1 aromatic rings. The van der Waals surface area contributed by atoms with Crippen LogP contribution in [0, 0.1) is 0 Å². The van der Waals surface area contributed by atoms with E-state index in [1.54, 1.807) is 0 Å². The average molecular weight is 222 g/mol. The number of benzene rings is 1. The number of nitrogen functional groups attached to an aromatic ring is 1. The third-order valence-corrected chi connectivity index (χ3v) is 3.82. The van der Waals surface area contributed by atoms with Gasteiger partial charge in [-0.25, -0.2) is 0 Å². The summed E-state index contributed by atoms with van der Waals surface area (Å²) in [7, 11) is 0. The van der Waals surface area contributed by atoms with Crippen LogP contribution in [-0.4, -0.2) is 23.0 Å². The van der Waals surface area contributed by atoms with Gasteiger partial charge in [-0.1, -0.05) is 6.07 Å². The van der Waals surface area contributed by atoms with Crippen molar-refractivity contribution in [2.75, 3.05) is 17.7 Å². The van der Waals surface area contributed by atoms with Crippen molar-refractivity contribution < 1.29 is 0 Å². The summed E-state index contributed by atoms with van der Waals surface area (Å²) in [6.07, 6.45) is 2.16. The van der Waals surface area contributed by atoms with Crippen molar-refractivity contribution in [1.29, 1.82) is 0 Å². The molecule has 0 spiro atoms. The lowest BCUT2D eigenvalue weighted by Gasteiger charge is -2.22. The van der Waals surface area contributed by atoms with Crippen LogP contribution < -0.4 is 5.73 Å². The van der Waals surface area contributed by atoms with Gasteiger partial charge in [0.1, 0.15) is 0 Å². The minimum Gasteiger partial charge on any atom is -0.399 e. The quantitative estimate of drug-likeness (QED) is 0.796. The van der Waals surface area contributed by atoms with E-state index in [-0.39, 0.29) is 0 Å². The summed E-state index contributed by atoms with van der Waals surface area (Å²) in [6.45, 7) is 4.44. The molecule has 0 fully saturated rings. The Morgan fingerprint density at radius 2 is 2.13 bits per heavy atom. The second-order valence-corrected chi connectivity index (χ2v) is 5.15. The Morgan fingerprint density at radius 3 is 2.87 bits per heavy atom. The maximum atomic E-state index is 5.79. The SMILES string of the molecule is CSCC(C)N1Cc2ccc(N)cc2C1. The Balaban J connectivity index is 2.08. The van der Waals surface area contributed by atoms with E-state index in [2.05, 4.69) is 30.2 Å². The summed E-state index contributed by atoms with van der Waals surface area (Å²) >= 11 is 1.91. The first-order chi connectivity index (χ1) is 7.20. The topological polar surface area (TPSA) is 29.3 Å². The Labute approximate surface area is 95.8 Å². The van der Waals surface area contributed by atoms with Gasteiger partial charge in [0.25, 0.3) is 0 Å². The number of nitrogens with zero attached hydrogens (tertiary/aromatic N) is 1. The summed E-state index contributed by atoms with van der Waals surface area (Å²) in [4.78, 5) is 2.51. The largest absolute Gasteiger partial charge is 0.399 e. The zero-order valence-electron chi connectivity index (χ0n) is 9.36. The minimum atomic E-state index is 0.647. The molecule has 0 amide bonds. The molecule has 0 radical (unpaired) electrons. The Bertz CT molecular complexity index is 351. The van der Waals surface area contributed by atoms with Crippen LogP contribution in [0.1, 0.15) is 18.1 Å². The van der Waals surface area contributed by atoms with E-state index in [9.17, 15) is 0 Å². The van der Waals surface area contributed by atoms with E-state index in [1.165, 1.54) is 16.9 Å². The van der Waals surface area contributed by atoms with Gasteiger partial charge in [0, 0.05) is 30.6 Å². The summed E-state index contributed by atoms with van der Waals surface area (Å²) in [5.41, 5.74) is 9.52. The number of rotatable bonds is 3. The van der Waals surface area contributed by atoms with E-state index >= 15 is 0 Å². The lowest BCUT2D eigenvalue weighted by atomic mass is 10.1. The maximum absolute atomic E-state index is 5.79. The van der Waals surface area contributed by atoms with Crippen molar-refractivity contribution in [3.63, 3.8) is 0 Å². The normalized spacial score (nSPS) is 17.7. The highest BCUT2D eigenvalue weighted by molar-refractivity contribution is 7.98. The van der Waals surface area contributed by atoms with Crippen LogP contribution in [0.2, 0.25) is 0 Å². The first kappa shape index (κ1) is 10.8. The highest BCUT2D eigenvalue weighted by Gasteiger charge is 2.22. The van der Waals surface area contributed by atoms with Crippen LogP contribution in [-0.2, 0) is 13.1 Å². The highest BCUT2D eigenvalue weighted by atomic mass is 32.2. The monoisotopic (exact) mass is 222 g/mol. The molecule has 1 aromatic carbocycles. The third-order valence-electron chi connectivity index (χ3n) is 3.01. The van der Waals surface area contributed by atoms with E-state index in [1.807, 2.05) is 17.8 Å². The molecule has 0 saturated carbocycles. The molecule has 0 saturated heterocycles. The minimum absolute atomic E-state index is 0.647. The molecule has 1 heterocycles. The fourth-order valence-corrected chi connectivity index (χ4v) is 2.79. The van der Waals surface area contributed by atoms with Crippen molar-refractivity contribution in [2.45, 2.75) is 26.1 Å². The number of thioether (sulfide) groups is 1. The fraction of sp³-hybridized carbons (Fsp3) is 0.500. The van der Waals surface area contributed by atoms with Crippen molar-refractivity contribution in [2.24, 2.45) is 0 Å². The smallest absolute Gasteiger partial charge is 0.0317 e. The van der Waals surface area contributed by atoms with Gasteiger partial charge in [-0.05, 0) is 36.4 Å². The zero-order chi connectivity index (χ0) is 10.8. The fourth-order valence-electron chi connectivity index (χ4n) is 2.10. The highest BCUT2D eigenvalue weighted by Crippen LogP contribution is 2.26. The van der Waals surface area contributed by atoms with Crippen molar-refractivity contribution >= 4 is 17.4 Å². The van der Waals surface area contributed by atoms with Crippen LogP contribution in [0.4, 0.5) is 5.69 Å². The van der Waals surface area contributed by atoms with E-state index < -0.39 is 0 Å². The lowest BCUT2D eigenvalue weighted by molar-refractivity contribution is 0.231. The molecule has 2 rings (SSSR count). The first-order valence-corrected chi connectivity index (χ1v) is 6.70. The number of anilines is 1. The Kier molecular flexibility index (Phi) is 3.22. The van der Waals surface area contributed by atoms with Crippen LogP contribution in [0.3, 0.4) is 0 Å². The summed E-state index contributed by atoms with van der Waals surface area (Å²) < 4.78 is 0. The molecule has 3 heteroatoms. The molecule has 2 nitrogen and oxygen atoms in total. The Hall–Kier alpha value is -0.670. The number of nitrogens with two attached hydrogens (primary N) is 1. The second-order valence-electron chi connectivity index (χ2n) is 4.24. The third kappa shape index (κ3) is 2.29. The standard InChI is InChI=1S/C12H18N2S/c1-9(8-15-2)14-6-10-3-4-12(13)5-11(10)7-14/h3-5,9H,6-8,13H2,1-2H3. The predicted octanol–water partition coefficient (Wildman–Crippen LogP) is 2.34. The molecule has 1 aliphatic rings. The van der Waals surface area contributed by atoms with Gasteiger partial charge in [0.15, 0.2) is 0 Å². The van der Waals surface area contributed by atoms with Gasteiger partial charge in [0.05, 0.1) is 0 Å². The molecule has 82 valence electrons. The number of hydrogen-bond acceptors (Lipinski definition) is 3. The van der Waals surface area contributed by atoms with E-state index in [0.717, 1.165) is 18.8 Å². The molecule has 2 N–H and O–H groups in total. The van der Waals surface area contributed by atoms with E-state index in [4.69, 9.17) is 5.73 Å². The average Bonchev–Trinajstić information content (AvgIpc) is 2.60. The summed E-state index contributed by atoms with van der Waals surface area (Å²) in [5, 5.41) is 0. The van der Waals surface area contributed by atoms with Crippen molar-refractivity contribution in [3.8, 4) is 0 Å². The van der Waals surface area contributed by atoms with Gasteiger partial charge in [-0.2, -0.15) is 11.8 Å². The maximum Gasteiger partial charge on any atom is 0.0317 e. The predicted molar refractivity (Wildman–Crippen MR) is 67.9 cm³/mol. The summed E-state index contributed by atoms with van der Waals surface area (Å²) in [6, 6.07) is 6.92. The molecule has 0 bridgehead atoms. The van der Waals surface area contributed by atoms with Crippen molar-refractivity contribution in [1.82, 2.24) is 4.90 Å². The Morgan fingerprint density at radius 1 is 1.40 bits per heavy atom. The molecular weight excluding hydrogens is 204 g/mol. The first-order valence-electron chi connectivity index (χ1n) is 5.31. The van der Waals surface area contributed by atoms with Crippen molar-refractivity contribution in [3.05, 3.63) is 29.3 Å². The van der Waals surface area contributed by atoms with Gasteiger partial charge in [-0.3, -0.25) is 4.90 Å². The van der Waals surface area contributed by atoms with Crippen LogP contribution in [0.5, 0.6) is 0 Å². The van der Waals surface area contributed by atoms with Gasteiger partial charge in [0.2, 0.25) is 0 Å². The van der Waals surface area contributed by atoms with Gasteiger partial charge < -0.3 is 5.73 Å². The summed E-state index contributed by atoms with van der Waals surface area (Å²) in [5.74, 6) is 1.20. The van der Waals surface area contributed by atoms with E-state index in [0.29, 0.717) is 6.04 Å². The molecule has 0 aromatic heterocycles. The van der Waals surface area contributed by atoms with Gasteiger partial charge in [-0.15, -0.1) is 0 Å². The van der Waals surface area contributed by atoms with Crippen LogP contribution in [0.25, 0.3) is 0 Å². The molecule has 1 aliphatic heterocycles. The second kappa shape index (κ2) is 4.45. The van der Waals surface area contributed by atoms with Gasteiger partial charge >= 0.3 is 0 Å². The lowest BCUT2D eigenvalue weighted by Crippen LogP contribution is -2.29. The molecule has 15 heavy (non-hydrogen) atoms. The number of fused-ring (bicyclic) bond motifs is 1. The zero-order valence-corrected chi connectivity index (χ0v) is 10.2. The van der Waals surface area contributed by atoms with Crippen LogP contribution in [0.15, 0.2) is 18.2 Å². The number of hydrogen-bond donors (Lipinski definition) is 1.